The van der Waals surface area contributed by atoms with Crippen molar-refractivity contribution in [2.75, 3.05) is 20.3 Å². The van der Waals surface area contributed by atoms with E-state index < -0.39 is 12.0 Å². The zero-order valence-electron chi connectivity index (χ0n) is 20.2. The summed E-state index contributed by atoms with van der Waals surface area (Å²) in [7, 11) is 1.59. The highest BCUT2D eigenvalue weighted by atomic mass is 32.1. The summed E-state index contributed by atoms with van der Waals surface area (Å²) in [5.74, 6) is 0.997. The molecule has 0 fully saturated rings. The fraction of sp³-hybridized carbons (Fsp3) is 0.296. The number of hydrogen-bond acceptors (Lipinski definition) is 7. The number of fused-ring (bicyclic) bond motifs is 1. The highest BCUT2D eigenvalue weighted by molar-refractivity contribution is 7.07. The molecule has 0 amide bonds. The average molecular weight is 493 g/mol. The molecule has 2 heterocycles. The Labute approximate surface area is 207 Å². The van der Waals surface area contributed by atoms with Crippen molar-refractivity contribution in [1.29, 1.82) is 0 Å². The highest BCUT2D eigenvalue weighted by Crippen LogP contribution is 2.31. The topological polar surface area (TPSA) is 79.1 Å². The van der Waals surface area contributed by atoms with Crippen molar-refractivity contribution in [2.24, 2.45) is 4.99 Å². The molecule has 0 unspecified atom stereocenters. The first-order chi connectivity index (χ1) is 17.0. The Morgan fingerprint density at radius 2 is 1.77 bits per heavy atom. The Morgan fingerprint density at radius 1 is 1.09 bits per heavy atom. The summed E-state index contributed by atoms with van der Waals surface area (Å²) in [4.78, 5) is 31.7. The molecule has 0 bridgehead atoms. The zero-order chi connectivity index (χ0) is 24.9. The molecule has 1 aliphatic rings. The van der Waals surface area contributed by atoms with E-state index in [2.05, 4.69) is 11.9 Å². The number of rotatable bonds is 8. The lowest BCUT2D eigenvalue weighted by Crippen LogP contribution is -2.39. The fourth-order valence-corrected chi connectivity index (χ4v) is 4.97. The predicted molar refractivity (Wildman–Crippen MR) is 136 cm³/mol. The predicted octanol–water partition coefficient (Wildman–Crippen LogP) is 3.60. The molecule has 0 spiro atoms. The van der Waals surface area contributed by atoms with Crippen LogP contribution >= 0.6 is 11.3 Å². The van der Waals surface area contributed by atoms with Gasteiger partial charge in [0.1, 0.15) is 11.5 Å². The molecule has 0 saturated heterocycles. The maximum absolute atomic E-state index is 13.6. The number of methoxy groups -OCH3 is 1. The second kappa shape index (κ2) is 10.7. The van der Waals surface area contributed by atoms with E-state index in [0.29, 0.717) is 33.0 Å². The molecule has 0 N–H and O–H groups in total. The number of esters is 1. The number of carbonyl (C=O) groups excluding carboxylic acids is 1. The Hall–Kier alpha value is -3.65. The average Bonchev–Trinajstić information content (AvgIpc) is 3.17. The van der Waals surface area contributed by atoms with Gasteiger partial charge in [0, 0.05) is 0 Å². The van der Waals surface area contributed by atoms with E-state index in [0.717, 1.165) is 23.3 Å². The SMILES string of the molecule is CCCOc1ccc(/C=c2\sc3n(c2=O)[C@@H](c2ccc(OC)cc2)C(C(=O)OCC)=C(C)N=3)cc1. The van der Waals surface area contributed by atoms with Crippen LogP contribution in [-0.2, 0) is 9.53 Å². The van der Waals surface area contributed by atoms with Gasteiger partial charge < -0.3 is 14.2 Å². The number of nitrogens with zero attached hydrogens (tertiary/aromatic N) is 2. The fourth-order valence-electron chi connectivity index (χ4n) is 3.92. The minimum atomic E-state index is -0.650. The van der Waals surface area contributed by atoms with Crippen molar-refractivity contribution in [2.45, 2.75) is 33.2 Å². The van der Waals surface area contributed by atoms with E-state index in [1.54, 1.807) is 25.5 Å². The largest absolute Gasteiger partial charge is 0.497 e. The van der Waals surface area contributed by atoms with Gasteiger partial charge in [-0.3, -0.25) is 9.36 Å². The van der Waals surface area contributed by atoms with E-state index in [1.165, 1.54) is 11.3 Å². The lowest BCUT2D eigenvalue weighted by atomic mass is 9.96. The third-order valence-corrected chi connectivity index (χ3v) is 6.58. The summed E-state index contributed by atoms with van der Waals surface area (Å²) in [6.45, 7) is 6.47. The molecule has 0 saturated carbocycles. The number of aromatic nitrogens is 1. The summed E-state index contributed by atoms with van der Waals surface area (Å²) < 4.78 is 18.4. The van der Waals surface area contributed by atoms with Gasteiger partial charge in [-0.25, -0.2) is 9.79 Å². The zero-order valence-corrected chi connectivity index (χ0v) is 21.1. The van der Waals surface area contributed by atoms with E-state index in [-0.39, 0.29) is 12.2 Å². The lowest BCUT2D eigenvalue weighted by Gasteiger charge is -2.24. The maximum Gasteiger partial charge on any atom is 0.338 e. The van der Waals surface area contributed by atoms with Crippen molar-refractivity contribution in [1.82, 2.24) is 4.57 Å². The van der Waals surface area contributed by atoms with Crippen LogP contribution in [0.2, 0.25) is 0 Å². The van der Waals surface area contributed by atoms with E-state index in [1.807, 2.05) is 54.6 Å². The molecular weight excluding hydrogens is 464 g/mol. The Morgan fingerprint density at radius 3 is 2.40 bits per heavy atom. The number of benzene rings is 2. The van der Waals surface area contributed by atoms with E-state index >= 15 is 0 Å². The third kappa shape index (κ3) is 5.07. The van der Waals surface area contributed by atoms with Gasteiger partial charge in [-0.05, 0) is 61.7 Å². The first-order valence-electron chi connectivity index (χ1n) is 11.5. The van der Waals surface area contributed by atoms with Crippen LogP contribution in [0.5, 0.6) is 11.5 Å². The van der Waals surface area contributed by atoms with Gasteiger partial charge in [0.05, 0.1) is 42.2 Å². The second-order valence-electron chi connectivity index (χ2n) is 7.99. The molecule has 0 radical (unpaired) electrons. The van der Waals surface area contributed by atoms with Crippen LogP contribution in [0.1, 0.15) is 44.4 Å². The van der Waals surface area contributed by atoms with Crippen LogP contribution in [0.4, 0.5) is 0 Å². The summed E-state index contributed by atoms with van der Waals surface area (Å²) in [5, 5.41) is 0. The first kappa shape index (κ1) is 24.5. The number of thiazole rings is 1. The molecule has 7 nitrogen and oxygen atoms in total. The minimum Gasteiger partial charge on any atom is -0.497 e. The Balaban J connectivity index is 1.83. The van der Waals surface area contributed by atoms with Gasteiger partial charge in [-0.2, -0.15) is 0 Å². The standard InChI is InChI=1S/C27H28N2O5S/c1-5-15-34-21-11-7-18(8-12-21)16-22-25(30)29-24(19-9-13-20(32-4)14-10-19)23(26(31)33-6-2)17(3)28-27(29)35-22/h7-14,16,24H,5-6,15H2,1-4H3/b22-16-/t24-/m0/s1. The smallest absolute Gasteiger partial charge is 0.338 e. The molecular formula is C27H28N2O5S. The molecule has 1 aliphatic heterocycles. The molecule has 1 atom stereocenters. The monoisotopic (exact) mass is 492 g/mol. The van der Waals surface area contributed by atoms with Gasteiger partial charge in [0.25, 0.3) is 5.56 Å². The van der Waals surface area contributed by atoms with Crippen LogP contribution in [0, 0.1) is 0 Å². The van der Waals surface area contributed by atoms with Crippen molar-refractivity contribution < 1.29 is 19.0 Å². The maximum atomic E-state index is 13.6. The van der Waals surface area contributed by atoms with Gasteiger partial charge in [-0.15, -0.1) is 0 Å². The van der Waals surface area contributed by atoms with E-state index in [9.17, 15) is 9.59 Å². The number of hydrogen-bond donors (Lipinski definition) is 0. The van der Waals surface area contributed by atoms with Crippen molar-refractivity contribution in [3.63, 3.8) is 0 Å². The van der Waals surface area contributed by atoms with Gasteiger partial charge in [0.2, 0.25) is 0 Å². The van der Waals surface area contributed by atoms with Crippen molar-refractivity contribution >= 4 is 23.4 Å². The molecule has 4 rings (SSSR count). The lowest BCUT2D eigenvalue weighted by molar-refractivity contribution is -0.139. The van der Waals surface area contributed by atoms with Crippen LogP contribution in [-0.4, -0.2) is 30.9 Å². The molecule has 2 aromatic carbocycles. The quantitative estimate of drug-likeness (QED) is 0.449. The van der Waals surface area contributed by atoms with Gasteiger partial charge >= 0.3 is 5.97 Å². The summed E-state index contributed by atoms with van der Waals surface area (Å²) in [6.07, 6.45) is 2.77. The number of carbonyl (C=O) groups is 1. The first-order valence-corrected chi connectivity index (χ1v) is 12.3. The van der Waals surface area contributed by atoms with Crippen LogP contribution in [0.3, 0.4) is 0 Å². The van der Waals surface area contributed by atoms with E-state index in [4.69, 9.17) is 14.2 Å². The number of allylic oxidation sites excluding steroid dienone is 1. The summed E-state index contributed by atoms with van der Waals surface area (Å²) >= 11 is 1.30. The molecule has 182 valence electrons. The van der Waals surface area contributed by atoms with Crippen LogP contribution in [0.25, 0.3) is 6.08 Å². The van der Waals surface area contributed by atoms with Crippen molar-refractivity contribution in [3.8, 4) is 11.5 Å². The summed E-state index contributed by atoms with van der Waals surface area (Å²) in [6, 6.07) is 14.3. The van der Waals surface area contributed by atoms with Gasteiger partial charge in [-0.1, -0.05) is 42.5 Å². The summed E-state index contributed by atoms with van der Waals surface area (Å²) in [5.41, 5.74) is 2.33. The molecule has 0 aliphatic carbocycles. The molecule has 8 heteroatoms. The highest BCUT2D eigenvalue weighted by Gasteiger charge is 2.33. The minimum absolute atomic E-state index is 0.213. The van der Waals surface area contributed by atoms with Crippen molar-refractivity contribution in [3.05, 3.63) is 90.6 Å². The second-order valence-corrected chi connectivity index (χ2v) is 9.00. The molecule has 35 heavy (non-hydrogen) atoms. The van der Waals surface area contributed by atoms with Crippen LogP contribution < -0.4 is 24.4 Å². The Bertz CT molecular complexity index is 1420. The Kier molecular flexibility index (Phi) is 7.51. The number of ether oxygens (including phenoxy) is 3. The molecule has 1 aromatic heterocycles. The molecule has 3 aromatic rings. The van der Waals surface area contributed by atoms with Crippen LogP contribution in [0.15, 0.2) is 69.6 Å². The van der Waals surface area contributed by atoms with Gasteiger partial charge in [0.15, 0.2) is 4.80 Å². The normalized spacial score (nSPS) is 15.4. The third-order valence-electron chi connectivity index (χ3n) is 5.60.